The van der Waals surface area contributed by atoms with Gasteiger partial charge in [0.2, 0.25) is 0 Å². The number of para-hydroxylation sites is 1. The summed E-state index contributed by atoms with van der Waals surface area (Å²) in [5.74, 6) is 1.52. The van der Waals surface area contributed by atoms with Gasteiger partial charge < -0.3 is 15.6 Å². The summed E-state index contributed by atoms with van der Waals surface area (Å²) in [4.78, 5) is 26.6. The first-order chi connectivity index (χ1) is 19.5. The Morgan fingerprint density at radius 1 is 1.05 bits per heavy atom. The molecule has 0 radical (unpaired) electrons. The lowest BCUT2D eigenvalue weighted by molar-refractivity contribution is 0.102. The number of carbonyl (C=O) groups is 1. The third-order valence-corrected chi connectivity index (χ3v) is 7.59. The van der Waals surface area contributed by atoms with E-state index < -0.39 is 0 Å². The molecule has 0 unspecified atom stereocenters. The van der Waals surface area contributed by atoms with Crippen LogP contribution in [0, 0.1) is 0 Å². The number of anilines is 2. The monoisotopic (exact) mass is 567 g/mol. The number of aromatic amines is 1. The van der Waals surface area contributed by atoms with Gasteiger partial charge >= 0.3 is 0 Å². The van der Waals surface area contributed by atoms with E-state index in [1.165, 1.54) is 4.91 Å². The lowest BCUT2D eigenvalue weighted by Gasteiger charge is -2.10. The van der Waals surface area contributed by atoms with Gasteiger partial charge in [-0.25, -0.2) is 9.97 Å². The minimum Gasteiger partial charge on any atom is -0.385 e. The highest BCUT2D eigenvalue weighted by atomic mass is 35.5. The Morgan fingerprint density at radius 2 is 1.88 bits per heavy atom. The fourth-order valence-electron chi connectivity index (χ4n) is 4.45. The minimum absolute atomic E-state index is 0.166. The van der Waals surface area contributed by atoms with Gasteiger partial charge in [0.25, 0.3) is 5.91 Å². The molecule has 0 bridgehead atoms. The van der Waals surface area contributed by atoms with Crippen molar-refractivity contribution in [1.29, 1.82) is 0 Å². The van der Waals surface area contributed by atoms with Crippen LogP contribution in [0.3, 0.4) is 0 Å². The molecule has 0 aliphatic heterocycles. The fraction of sp³-hybridized carbons (Fsp3) is 0.156. The van der Waals surface area contributed by atoms with Gasteiger partial charge in [0.05, 0.1) is 10.7 Å². The number of H-pyrrole nitrogens is 1. The zero-order chi connectivity index (χ0) is 27.9. The highest BCUT2D eigenvalue weighted by molar-refractivity contribution is 8.03. The smallest absolute Gasteiger partial charge is 0.255 e. The van der Waals surface area contributed by atoms with E-state index in [1.54, 1.807) is 18.0 Å². The van der Waals surface area contributed by atoms with Crippen LogP contribution in [0.2, 0.25) is 5.02 Å². The maximum absolute atomic E-state index is 12.9. The number of amides is 1. The quantitative estimate of drug-likeness (QED) is 0.150. The fourth-order valence-corrected chi connectivity index (χ4v) is 5.30. The predicted molar refractivity (Wildman–Crippen MR) is 168 cm³/mol. The summed E-state index contributed by atoms with van der Waals surface area (Å²) in [7, 11) is 0. The van der Waals surface area contributed by atoms with E-state index in [-0.39, 0.29) is 5.91 Å². The molecule has 0 saturated carbocycles. The van der Waals surface area contributed by atoms with Crippen LogP contribution in [0.25, 0.3) is 22.2 Å². The second-order valence-electron chi connectivity index (χ2n) is 9.29. The molecule has 6 nitrogen and oxygen atoms in total. The summed E-state index contributed by atoms with van der Waals surface area (Å²) in [6.45, 7) is 7.00. The van der Waals surface area contributed by atoms with Gasteiger partial charge in [-0.15, -0.1) is 11.8 Å². The van der Waals surface area contributed by atoms with E-state index in [2.05, 4.69) is 34.1 Å². The van der Waals surface area contributed by atoms with Gasteiger partial charge in [-0.05, 0) is 65.1 Å². The standard InChI is InChI=1S/C32H30ClN5OS/c1-3-40-21(2)15-16-34-24-13-11-23(12-14-24)32(39)37-25-8-6-7-22(17-25)18-30-36-20-28(33)31(38-30)27-19-35-29-10-5-4-9-26(27)29/h4-14,17,19-20,34-35H,2-3,15-16,18H2,1H3,(H,37,39). The number of hydrogen-bond acceptors (Lipinski definition) is 5. The lowest BCUT2D eigenvalue weighted by atomic mass is 10.1. The lowest BCUT2D eigenvalue weighted by Crippen LogP contribution is -2.12. The first-order valence-corrected chi connectivity index (χ1v) is 14.5. The molecule has 0 aliphatic carbocycles. The largest absolute Gasteiger partial charge is 0.385 e. The summed E-state index contributed by atoms with van der Waals surface area (Å²) < 4.78 is 0. The van der Waals surface area contributed by atoms with E-state index in [0.29, 0.717) is 34.2 Å². The Balaban J connectivity index is 1.23. The van der Waals surface area contributed by atoms with Gasteiger partial charge in [0.15, 0.2) is 0 Å². The van der Waals surface area contributed by atoms with Crippen molar-refractivity contribution in [1.82, 2.24) is 15.0 Å². The van der Waals surface area contributed by atoms with Gasteiger partial charge in [-0.2, -0.15) is 0 Å². The number of benzene rings is 3. The topological polar surface area (TPSA) is 82.7 Å². The van der Waals surface area contributed by atoms with Crippen molar-refractivity contribution in [3.05, 3.63) is 119 Å². The summed E-state index contributed by atoms with van der Waals surface area (Å²) in [6.07, 6.45) is 4.97. The molecule has 3 N–H and O–H groups in total. The molecule has 2 aromatic heterocycles. The van der Waals surface area contributed by atoms with Crippen LogP contribution < -0.4 is 10.6 Å². The number of hydrogen-bond donors (Lipinski definition) is 3. The summed E-state index contributed by atoms with van der Waals surface area (Å²) in [5, 5.41) is 7.93. The second kappa shape index (κ2) is 12.9. The highest BCUT2D eigenvalue weighted by Crippen LogP contribution is 2.32. The molecule has 1 amide bonds. The first kappa shape index (κ1) is 27.5. The molecular weight excluding hydrogens is 538 g/mol. The molecule has 40 heavy (non-hydrogen) atoms. The van der Waals surface area contributed by atoms with Crippen LogP contribution in [0.5, 0.6) is 0 Å². The van der Waals surface area contributed by atoms with Crippen molar-refractivity contribution in [2.24, 2.45) is 0 Å². The first-order valence-electron chi connectivity index (χ1n) is 13.1. The Kier molecular flexibility index (Phi) is 8.84. The van der Waals surface area contributed by atoms with Crippen LogP contribution in [0.4, 0.5) is 11.4 Å². The molecule has 2 heterocycles. The Morgan fingerprint density at radius 3 is 2.70 bits per heavy atom. The molecule has 5 rings (SSSR count). The molecule has 0 saturated heterocycles. The van der Waals surface area contributed by atoms with E-state index in [0.717, 1.165) is 46.4 Å². The average molecular weight is 568 g/mol. The van der Waals surface area contributed by atoms with E-state index in [4.69, 9.17) is 16.6 Å². The maximum Gasteiger partial charge on any atom is 0.255 e. The van der Waals surface area contributed by atoms with Gasteiger partial charge in [-0.3, -0.25) is 4.79 Å². The minimum atomic E-state index is -0.166. The summed E-state index contributed by atoms with van der Waals surface area (Å²) in [5.41, 5.74) is 5.91. The van der Waals surface area contributed by atoms with Crippen LogP contribution in [-0.2, 0) is 6.42 Å². The van der Waals surface area contributed by atoms with Crippen molar-refractivity contribution < 1.29 is 4.79 Å². The number of thioether (sulfide) groups is 1. The number of aromatic nitrogens is 3. The van der Waals surface area contributed by atoms with E-state index in [9.17, 15) is 4.79 Å². The van der Waals surface area contributed by atoms with Gasteiger partial charge in [-0.1, -0.05) is 55.4 Å². The second-order valence-corrected chi connectivity index (χ2v) is 11.1. The van der Waals surface area contributed by atoms with Crippen LogP contribution in [0.15, 0.2) is 96.7 Å². The van der Waals surface area contributed by atoms with Crippen molar-refractivity contribution in [3.63, 3.8) is 0 Å². The zero-order valence-electron chi connectivity index (χ0n) is 22.2. The summed E-state index contributed by atoms with van der Waals surface area (Å²) >= 11 is 8.27. The molecule has 202 valence electrons. The number of rotatable bonds is 11. The van der Waals surface area contributed by atoms with Crippen molar-refractivity contribution in [3.8, 4) is 11.3 Å². The highest BCUT2D eigenvalue weighted by Gasteiger charge is 2.14. The van der Waals surface area contributed by atoms with Gasteiger partial charge in [0, 0.05) is 58.8 Å². The number of nitrogens with zero attached hydrogens (tertiary/aromatic N) is 2. The molecule has 3 aromatic carbocycles. The summed E-state index contributed by atoms with van der Waals surface area (Å²) in [6, 6.07) is 23.3. The third-order valence-electron chi connectivity index (χ3n) is 6.41. The molecular formula is C32H30ClN5OS. The Hall–Kier alpha value is -4.07. The zero-order valence-corrected chi connectivity index (χ0v) is 23.8. The van der Waals surface area contributed by atoms with Crippen molar-refractivity contribution >= 4 is 51.5 Å². The normalized spacial score (nSPS) is 10.9. The average Bonchev–Trinajstić information content (AvgIpc) is 3.39. The number of halogens is 1. The van der Waals surface area contributed by atoms with Gasteiger partial charge in [0.1, 0.15) is 5.82 Å². The number of carbonyl (C=O) groups excluding carboxylic acids is 1. The maximum atomic E-state index is 12.9. The van der Waals surface area contributed by atoms with E-state index >= 15 is 0 Å². The Labute approximate surface area is 243 Å². The number of fused-ring (bicyclic) bond motifs is 1. The SMILES string of the molecule is C=C(CCNc1ccc(C(=O)Nc2cccc(Cc3ncc(Cl)c(-c4c[nH]c5ccccc45)n3)c2)cc1)SCC. The van der Waals surface area contributed by atoms with Crippen molar-refractivity contribution in [2.45, 2.75) is 19.8 Å². The van der Waals surface area contributed by atoms with E-state index in [1.807, 2.05) is 79.0 Å². The molecule has 0 fully saturated rings. The van der Waals surface area contributed by atoms with Crippen LogP contribution in [0.1, 0.15) is 35.1 Å². The van der Waals surface area contributed by atoms with Crippen LogP contribution in [-0.4, -0.2) is 33.2 Å². The third kappa shape index (κ3) is 6.73. The number of nitrogens with one attached hydrogen (secondary N) is 3. The Bertz CT molecular complexity index is 1650. The molecule has 0 spiro atoms. The molecule has 0 atom stereocenters. The predicted octanol–water partition coefficient (Wildman–Crippen LogP) is 8.19. The molecule has 8 heteroatoms. The molecule has 5 aromatic rings. The van der Waals surface area contributed by atoms with Crippen LogP contribution >= 0.6 is 23.4 Å². The molecule has 0 aliphatic rings. The van der Waals surface area contributed by atoms with Crippen molar-refractivity contribution in [2.75, 3.05) is 22.9 Å².